The Kier molecular flexibility index (Phi) is 5.56. The number of alkyl halides is 3. The van der Waals surface area contributed by atoms with Crippen LogP contribution in [0.2, 0.25) is 0 Å². The molecule has 2 aliphatic heterocycles. The number of carbonyl (C=O) groups is 1. The molecular formula is C19H20BrF3N4O2. The molecule has 2 aromatic rings. The number of fused-ring (bicyclic) bond motifs is 1. The predicted molar refractivity (Wildman–Crippen MR) is 104 cm³/mol. The van der Waals surface area contributed by atoms with Crippen molar-refractivity contribution in [1.29, 1.82) is 0 Å². The number of aromatic nitrogens is 2. The summed E-state index contributed by atoms with van der Waals surface area (Å²) in [5.41, 5.74) is 0.690. The van der Waals surface area contributed by atoms with Gasteiger partial charge >= 0.3 is 6.18 Å². The molecule has 4 rings (SSSR count). The second-order valence-electron chi connectivity index (χ2n) is 7.25. The van der Waals surface area contributed by atoms with Gasteiger partial charge in [-0.15, -0.1) is 0 Å². The van der Waals surface area contributed by atoms with E-state index < -0.39 is 24.2 Å². The summed E-state index contributed by atoms with van der Waals surface area (Å²) in [5, 5.41) is 9.75. The van der Waals surface area contributed by atoms with Gasteiger partial charge in [0, 0.05) is 30.1 Å². The van der Waals surface area contributed by atoms with Crippen LogP contribution in [0.1, 0.15) is 47.4 Å². The summed E-state index contributed by atoms with van der Waals surface area (Å²) in [6, 6.07) is 6.14. The number of rotatable bonds is 4. The van der Waals surface area contributed by atoms with Gasteiger partial charge in [-0.25, -0.2) is 4.68 Å². The second kappa shape index (κ2) is 7.98. The van der Waals surface area contributed by atoms with Crippen molar-refractivity contribution in [3.05, 3.63) is 46.1 Å². The Morgan fingerprint density at radius 3 is 2.76 bits per heavy atom. The lowest BCUT2D eigenvalue weighted by molar-refractivity contribution is -0.173. The fraction of sp³-hybridized carbons (Fsp3) is 0.474. The van der Waals surface area contributed by atoms with Crippen molar-refractivity contribution >= 4 is 27.7 Å². The summed E-state index contributed by atoms with van der Waals surface area (Å²) in [6.07, 6.45) is -2.96. The first kappa shape index (κ1) is 20.2. The molecule has 3 heterocycles. The van der Waals surface area contributed by atoms with Crippen molar-refractivity contribution in [3.63, 3.8) is 0 Å². The van der Waals surface area contributed by atoms with Gasteiger partial charge in [0.2, 0.25) is 0 Å². The zero-order chi connectivity index (χ0) is 20.6. The van der Waals surface area contributed by atoms with E-state index in [2.05, 4.69) is 31.7 Å². The molecule has 156 valence electrons. The van der Waals surface area contributed by atoms with Crippen LogP contribution in [0.25, 0.3) is 0 Å². The smallest absolute Gasteiger partial charge is 0.376 e. The van der Waals surface area contributed by atoms with Crippen LogP contribution in [0.5, 0.6) is 0 Å². The molecular weight excluding hydrogens is 453 g/mol. The van der Waals surface area contributed by atoms with E-state index in [-0.39, 0.29) is 24.0 Å². The highest BCUT2D eigenvalue weighted by molar-refractivity contribution is 9.10. The molecule has 0 saturated carbocycles. The molecule has 29 heavy (non-hydrogen) atoms. The molecule has 1 aromatic heterocycles. The van der Waals surface area contributed by atoms with Gasteiger partial charge in [-0.2, -0.15) is 18.3 Å². The first-order chi connectivity index (χ1) is 13.8. The molecule has 10 heteroatoms. The van der Waals surface area contributed by atoms with Crippen LogP contribution in [0.4, 0.5) is 19.0 Å². The molecule has 1 aromatic carbocycles. The van der Waals surface area contributed by atoms with Crippen molar-refractivity contribution < 1.29 is 22.7 Å². The number of nitrogens with one attached hydrogen (secondary N) is 2. The molecule has 6 nitrogen and oxygen atoms in total. The minimum Gasteiger partial charge on any atom is -0.376 e. The second-order valence-corrected chi connectivity index (χ2v) is 8.16. The van der Waals surface area contributed by atoms with Crippen LogP contribution >= 0.6 is 15.9 Å². The molecule has 1 amide bonds. The van der Waals surface area contributed by atoms with Crippen LogP contribution in [-0.2, 0) is 4.74 Å². The van der Waals surface area contributed by atoms with Crippen molar-refractivity contribution in [2.24, 2.45) is 0 Å². The van der Waals surface area contributed by atoms with Crippen molar-refractivity contribution in [3.8, 4) is 0 Å². The van der Waals surface area contributed by atoms with Crippen molar-refractivity contribution in [2.75, 3.05) is 18.5 Å². The Morgan fingerprint density at radius 2 is 2.10 bits per heavy atom. The summed E-state index contributed by atoms with van der Waals surface area (Å²) < 4.78 is 48.3. The highest BCUT2D eigenvalue weighted by atomic mass is 79.9. The van der Waals surface area contributed by atoms with E-state index in [1.165, 1.54) is 6.07 Å². The zero-order valence-electron chi connectivity index (χ0n) is 15.4. The average molecular weight is 473 g/mol. The monoisotopic (exact) mass is 472 g/mol. The average Bonchev–Trinajstić information content (AvgIpc) is 3.34. The summed E-state index contributed by atoms with van der Waals surface area (Å²) in [5.74, 6) is -0.334. The normalized spacial score (nSPS) is 24.1. The minimum atomic E-state index is -4.48. The van der Waals surface area contributed by atoms with Gasteiger partial charge in [0.25, 0.3) is 5.91 Å². The van der Waals surface area contributed by atoms with Gasteiger partial charge in [0.15, 0.2) is 11.7 Å². The van der Waals surface area contributed by atoms with Gasteiger partial charge in [0.1, 0.15) is 5.82 Å². The van der Waals surface area contributed by atoms with E-state index >= 15 is 0 Å². The molecule has 1 saturated heterocycles. The topological polar surface area (TPSA) is 68.2 Å². The van der Waals surface area contributed by atoms with Gasteiger partial charge in [-0.1, -0.05) is 28.1 Å². The predicted octanol–water partition coefficient (Wildman–Crippen LogP) is 4.21. The number of anilines is 1. The van der Waals surface area contributed by atoms with E-state index in [0.717, 1.165) is 27.6 Å². The zero-order valence-corrected chi connectivity index (χ0v) is 17.0. The highest BCUT2D eigenvalue weighted by Crippen LogP contribution is 2.43. The largest absolute Gasteiger partial charge is 0.410 e. The first-order valence-electron chi connectivity index (χ1n) is 9.39. The maximum Gasteiger partial charge on any atom is 0.410 e. The highest BCUT2D eigenvalue weighted by Gasteiger charge is 2.46. The summed E-state index contributed by atoms with van der Waals surface area (Å²) >= 11 is 3.33. The number of amides is 1. The molecule has 2 N–H and O–H groups in total. The van der Waals surface area contributed by atoms with Gasteiger partial charge in [-0.05, 0) is 30.5 Å². The summed E-state index contributed by atoms with van der Waals surface area (Å²) in [7, 11) is 0. The Hall–Kier alpha value is -2.07. The molecule has 1 fully saturated rings. The lowest BCUT2D eigenvalue weighted by atomic mass is 9.97. The fourth-order valence-corrected chi connectivity index (χ4v) is 3.96. The first-order valence-corrected chi connectivity index (χ1v) is 10.2. The van der Waals surface area contributed by atoms with Crippen LogP contribution < -0.4 is 10.6 Å². The molecule has 2 aliphatic rings. The van der Waals surface area contributed by atoms with Crippen LogP contribution in [0, 0.1) is 0 Å². The lowest BCUT2D eigenvalue weighted by Gasteiger charge is -2.33. The number of nitrogens with zero attached hydrogens (tertiary/aromatic N) is 2. The van der Waals surface area contributed by atoms with E-state index in [1.807, 2.05) is 0 Å². The Morgan fingerprint density at radius 1 is 1.34 bits per heavy atom. The molecule has 0 unspecified atom stereocenters. The van der Waals surface area contributed by atoms with E-state index in [4.69, 9.17) is 4.74 Å². The number of halogens is 4. The third-order valence-corrected chi connectivity index (χ3v) is 5.74. The van der Waals surface area contributed by atoms with Crippen molar-refractivity contribution in [1.82, 2.24) is 15.1 Å². The van der Waals surface area contributed by atoms with Crippen LogP contribution in [0.15, 0.2) is 34.8 Å². The maximum atomic E-state index is 13.7. The van der Waals surface area contributed by atoms with E-state index in [0.29, 0.717) is 13.2 Å². The quantitative estimate of drug-likeness (QED) is 0.698. The van der Waals surface area contributed by atoms with Gasteiger partial charge in [-0.3, -0.25) is 4.79 Å². The van der Waals surface area contributed by atoms with Crippen molar-refractivity contribution in [2.45, 2.75) is 43.6 Å². The van der Waals surface area contributed by atoms with E-state index in [1.54, 1.807) is 24.3 Å². The Bertz CT molecular complexity index is 879. The molecule has 0 radical (unpaired) electrons. The molecule has 0 spiro atoms. The maximum absolute atomic E-state index is 13.7. The third-order valence-electron chi connectivity index (χ3n) is 5.21. The van der Waals surface area contributed by atoms with Gasteiger partial charge in [0.05, 0.1) is 12.1 Å². The SMILES string of the molecule is O=C(NC[C@@H]1CCCO1)c1cc2n(n1)[C@@H](C(F)(F)F)C[C@H](c1ccc(Br)cc1)N2. The van der Waals surface area contributed by atoms with Crippen LogP contribution in [-0.4, -0.2) is 41.1 Å². The van der Waals surface area contributed by atoms with Crippen LogP contribution in [0.3, 0.4) is 0 Å². The third kappa shape index (κ3) is 4.42. The lowest BCUT2D eigenvalue weighted by Crippen LogP contribution is -2.36. The standard InChI is InChI=1S/C19H20BrF3N4O2/c20-12-5-3-11(4-6-12)14-8-16(19(21,22)23)27-17(25-14)9-15(26-27)18(28)24-10-13-2-1-7-29-13/h3-6,9,13-14,16,25H,1-2,7-8,10H2,(H,24,28)/t13-,14+,16+/m0/s1. The number of carbonyl (C=O) groups excluding carboxylic acids is 1. The Labute approximate surface area is 173 Å². The number of hydrogen-bond donors (Lipinski definition) is 2. The number of hydrogen-bond acceptors (Lipinski definition) is 4. The summed E-state index contributed by atoms with van der Waals surface area (Å²) in [4.78, 5) is 12.4. The summed E-state index contributed by atoms with van der Waals surface area (Å²) in [6.45, 7) is 0.979. The molecule has 0 bridgehead atoms. The minimum absolute atomic E-state index is 0.0452. The number of ether oxygens (including phenoxy) is 1. The fourth-order valence-electron chi connectivity index (χ4n) is 3.70. The van der Waals surface area contributed by atoms with Gasteiger partial charge < -0.3 is 15.4 Å². The van der Waals surface area contributed by atoms with E-state index in [9.17, 15) is 18.0 Å². The molecule has 0 aliphatic carbocycles. The Balaban J connectivity index is 1.56. The molecule has 3 atom stereocenters. The number of benzene rings is 1.